The maximum atomic E-state index is 14.4. The highest BCUT2D eigenvalue weighted by atomic mass is 32.1. The van der Waals surface area contributed by atoms with Crippen LogP contribution in [0.15, 0.2) is 64.8 Å². The van der Waals surface area contributed by atoms with Crippen LogP contribution in [-0.4, -0.2) is 35.5 Å². The lowest BCUT2D eigenvalue weighted by Gasteiger charge is -2.31. The standard InChI is InChI=1S/C27H27FN4O2S/c1-17(18-7-3-2-4-8-18)15-29-25(33)19-11-13-32(14-12-19)27-30-23-21(16-35-24(23)26(34)31-27)20-9-5-6-10-22(20)28/h2-10,16-17,19H,11-15H2,1H3,(H,29,33)(H,30,31,34)/t17-/m0/s1. The van der Waals surface area contributed by atoms with Gasteiger partial charge in [0.1, 0.15) is 10.5 Å². The molecule has 1 amide bonds. The number of hydrogen-bond donors (Lipinski definition) is 2. The first-order valence-electron chi connectivity index (χ1n) is 11.9. The van der Waals surface area contributed by atoms with Crippen LogP contribution in [0, 0.1) is 11.7 Å². The van der Waals surface area contributed by atoms with Gasteiger partial charge in [0.05, 0.1) is 5.52 Å². The first kappa shape index (κ1) is 23.2. The van der Waals surface area contributed by atoms with Gasteiger partial charge in [-0.05, 0) is 30.4 Å². The summed E-state index contributed by atoms with van der Waals surface area (Å²) in [4.78, 5) is 35.1. The zero-order chi connectivity index (χ0) is 24.4. The lowest BCUT2D eigenvalue weighted by Crippen LogP contribution is -2.42. The average Bonchev–Trinajstić information content (AvgIpc) is 3.32. The summed E-state index contributed by atoms with van der Waals surface area (Å²) in [7, 11) is 0. The maximum absolute atomic E-state index is 14.4. The monoisotopic (exact) mass is 490 g/mol. The summed E-state index contributed by atoms with van der Waals surface area (Å²) in [6.07, 6.45) is 1.36. The average molecular weight is 491 g/mol. The van der Waals surface area contributed by atoms with Crippen LogP contribution in [0.2, 0.25) is 0 Å². The van der Waals surface area contributed by atoms with Crippen LogP contribution >= 0.6 is 11.3 Å². The van der Waals surface area contributed by atoms with E-state index in [1.54, 1.807) is 23.6 Å². The van der Waals surface area contributed by atoms with Crippen LogP contribution < -0.4 is 15.8 Å². The van der Waals surface area contributed by atoms with Crippen LogP contribution in [0.25, 0.3) is 21.3 Å². The number of carbonyl (C=O) groups is 1. The van der Waals surface area contributed by atoms with E-state index in [1.807, 2.05) is 23.1 Å². The number of H-pyrrole nitrogens is 1. The summed E-state index contributed by atoms with van der Waals surface area (Å²) < 4.78 is 14.9. The number of hydrogen-bond acceptors (Lipinski definition) is 5. The minimum Gasteiger partial charge on any atom is -0.355 e. The van der Waals surface area contributed by atoms with Gasteiger partial charge in [-0.2, -0.15) is 0 Å². The summed E-state index contributed by atoms with van der Waals surface area (Å²) in [6, 6.07) is 16.7. The molecule has 0 aliphatic carbocycles. The summed E-state index contributed by atoms with van der Waals surface area (Å²) in [6.45, 7) is 3.93. The third-order valence-corrected chi connectivity index (χ3v) is 7.66. The Morgan fingerprint density at radius 1 is 1.14 bits per heavy atom. The van der Waals surface area contributed by atoms with E-state index in [1.165, 1.54) is 23.0 Å². The minimum atomic E-state index is -0.343. The second-order valence-electron chi connectivity index (χ2n) is 9.01. The third kappa shape index (κ3) is 4.84. The van der Waals surface area contributed by atoms with E-state index in [9.17, 15) is 14.0 Å². The fourth-order valence-electron chi connectivity index (χ4n) is 4.59. The van der Waals surface area contributed by atoms with E-state index in [0.29, 0.717) is 59.8 Å². The fraction of sp³-hybridized carbons (Fsp3) is 0.296. The van der Waals surface area contributed by atoms with E-state index in [4.69, 9.17) is 4.98 Å². The van der Waals surface area contributed by atoms with Gasteiger partial charge in [0, 0.05) is 42.1 Å². The number of rotatable bonds is 6. The number of aromatic amines is 1. The maximum Gasteiger partial charge on any atom is 0.270 e. The SMILES string of the molecule is C[C@@H](CNC(=O)C1CCN(c2nc3c(-c4ccccc4F)csc3c(=O)[nH]2)CC1)c1ccccc1. The Labute approximate surface area is 206 Å². The Kier molecular flexibility index (Phi) is 6.63. The summed E-state index contributed by atoms with van der Waals surface area (Å²) >= 11 is 1.27. The number of halogens is 1. The van der Waals surface area contributed by atoms with E-state index >= 15 is 0 Å². The number of amides is 1. The molecule has 1 atom stereocenters. The van der Waals surface area contributed by atoms with E-state index in [0.717, 1.165) is 0 Å². The Morgan fingerprint density at radius 2 is 1.86 bits per heavy atom. The molecule has 2 aromatic carbocycles. The highest BCUT2D eigenvalue weighted by Crippen LogP contribution is 2.33. The molecule has 1 fully saturated rings. The van der Waals surface area contributed by atoms with Crippen molar-refractivity contribution in [1.82, 2.24) is 15.3 Å². The van der Waals surface area contributed by atoms with Crippen molar-refractivity contribution in [3.05, 3.63) is 81.7 Å². The van der Waals surface area contributed by atoms with Crippen LogP contribution in [0.5, 0.6) is 0 Å². The summed E-state index contributed by atoms with van der Waals surface area (Å²) in [5.74, 6) is 0.374. The number of nitrogens with one attached hydrogen (secondary N) is 2. The van der Waals surface area contributed by atoms with Crippen molar-refractivity contribution in [2.24, 2.45) is 5.92 Å². The second kappa shape index (κ2) is 10.00. The van der Waals surface area contributed by atoms with Crippen molar-refractivity contribution >= 4 is 33.4 Å². The van der Waals surface area contributed by atoms with Gasteiger partial charge in [0.15, 0.2) is 0 Å². The van der Waals surface area contributed by atoms with E-state index in [-0.39, 0.29) is 29.1 Å². The van der Waals surface area contributed by atoms with E-state index in [2.05, 4.69) is 29.4 Å². The lowest BCUT2D eigenvalue weighted by molar-refractivity contribution is -0.125. The molecule has 0 bridgehead atoms. The fourth-order valence-corrected chi connectivity index (χ4v) is 5.49. The zero-order valence-corrected chi connectivity index (χ0v) is 20.3. The highest BCUT2D eigenvalue weighted by molar-refractivity contribution is 7.17. The molecule has 5 rings (SSSR count). The normalized spacial score (nSPS) is 15.3. The molecule has 8 heteroatoms. The van der Waals surface area contributed by atoms with Gasteiger partial charge in [-0.15, -0.1) is 11.3 Å². The first-order chi connectivity index (χ1) is 17.0. The molecule has 180 valence electrons. The molecule has 35 heavy (non-hydrogen) atoms. The van der Waals surface area contributed by atoms with Gasteiger partial charge >= 0.3 is 0 Å². The molecule has 1 aliphatic heterocycles. The zero-order valence-electron chi connectivity index (χ0n) is 19.5. The minimum absolute atomic E-state index is 0.0696. The van der Waals surface area contributed by atoms with Crippen molar-refractivity contribution in [2.45, 2.75) is 25.7 Å². The van der Waals surface area contributed by atoms with Crippen molar-refractivity contribution in [3.63, 3.8) is 0 Å². The van der Waals surface area contributed by atoms with Gasteiger partial charge in [-0.1, -0.05) is 55.5 Å². The molecule has 1 aliphatic rings. The Bertz CT molecular complexity index is 1390. The number of anilines is 1. The van der Waals surface area contributed by atoms with Crippen molar-refractivity contribution < 1.29 is 9.18 Å². The molecular formula is C27H27FN4O2S. The molecular weight excluding hydrogens is 463 g/mol. The molecule has 1 saturated heterocycles. The molecule has 6 nitrogen and oxygen atoms in total. The van der Waals surface area contributed by atoms with Crippen LogP contribution in [0.3, 0.4) is 0 Å². The Morgan fingerprint density at radius 3 is 2.60 bits per heavy atom. The second-order valence-corrected chi connectivity index (χ2v) is 9.89. The smallest absolute Gasteiger partial charge is 0.270 e. The van der Waals surface area contributed by atoms with Gasteiger partial charge in [-0.3, -0.25) is 14.6 Å². The predicted molar refractivity (Wildman–Crippen MR) is 138 cm³/mol. The first-order valence-corrected chi connectivity index (χ1v) is 12.7. The Balaban J connectivity index is 1.26. The summed E-state index contributed by atoms with van der Waals surface area (Å²) in [5, 5.41) is 4.88. The quantitative estimate of drug-likeness (QED) is 0.402. The molecule has 2 aromatic heterocycles. The molecule has 0 unspecified atom stereocenters. The highest BCUT2D eigenvalue weighted by Gasteiger charge is 2.27. The number of fused-ring (bicyclic) bond motifs is 1. The van der Waals surface area contributed by atoms with Crippen LogP contribution in [0.1, 0.15) is 31.2 Å². The lowest BCUT2D eigenvalue weighted by atomic mass is 9.95. The van der Waals surface area contributed by atoms with Crippen molar-refractivity contribution in [1.29, 1.82) is 0 Å². The number of nitrogens with zero attached hydrogens (tertiary/aromatic N) is 2. The van der Waals surface area contributed by atoms with Crippen LogP contribution in [0.4, 0.5) is 10.3 Å². The van der Waals surface area contributed by atoms with Gasteiger partial charge in [0.2, 0.25) is 11.9 Å². The number of carbonyl (C=O) groups excluding carboxylic acids is 1. The van der Waals surface area contributed by atoms with Gasteiger partial charge in [0.25, 0.3) is 5.56 Å². The van der Waals surface area contributed by atoms with Crippen molar-refractivity contribution in [2.75, 3.05) is 24.5 Å². The Hall–Kier alpha value is -3.52. The van der Waals surface area contributed by atoms with Crippen molar-refractivity contribution in [3.8, 4) is 11.1 Å². The molecule has 2 N–H and O–H groups in total. The largest absolute Gasteiger partial charge is 0.355 e. The van der Waals surface area contributed by atoms with Gasteiger partial charge < -0.3 is 10.2 Å². The number of benzene rings is 2. The molecule has 0 spiro atoms. The van der Waals surface area contributed by atoms with E-state index < -0.39 is 0 Å². The van der Waals surface area contributed by atoms with Gasteiger partial charge in [-0.25, -0.2) is 9.37 Å². The molecule has 0 radical (unpaired) electrons. The number of thiophene rings is 1. The molecule has 0 saturated carbocycles. The third-order valence-electron chi connectivity index (χ3n) is 6.69. The topological polar surface area (TPSA) is 78.1 Å². The number of piperidine rings is 1. The molecule has 3 heterocycles. The molecule has 4 aromatic rings. The van der Waals surface area contributed by atoms with Crippen LogP contribution in [-0.2, 0) is 4.79 Å². The summed E-state index contributed by atoms with van der Waals surface area (Å²) in [5.41, 5.74) is 2.54. The number of aromatic nitrogens is 2. The predicted octanol–water partition coefficient (Wildman–Crippen LogP) is 4.93.